The van der Waals surface area contributed by atoms with Crippen LogP contribution in [-0.2, 0) is 0 Å². The second kappa shape index (κ2) is 12.0. The number of ether oxygens (including phenoxy) is 1. The van der Waals surface area contributed by atoms with Crippen LogP contribution in [0.4, 0.5) is 4.39 Å². The van der Waals surface area contributed by atoms with Crippen molar-refractivity contribution in [1.29, 1.82) is 0 Å². The molecular formula is C32H33ClFNO3. The zero-order valence-corrected chi connectivity index (χ0v) is 22.4. The van der Waals surface area contributed by atoms with Crippen molar-refractivity contribution in [3.05, 3.63) is 112 Å². The van der Waals surface area contributed by atoms with Crippen molar-refractivity contribution >= 4 is 29.1 Å². The van der Waals surface area contributed by atoms with Crippen molar-refractivity contribution in [3.8, 4) is 5.75 Å². The van der Waals surface area contributed by atoms with Gasteiger partial charge in [0, 0.05) is 22.9 Å². The van der Waals surface area contributed by atoms with Gasteiger partial charge in [-0.15, -0.1) is 12.4 Å². The highest BCUT2D eigenvalue weighted by atomic mass is 35.5. The van der Waals surface area contributed by atoms with Crippen LogP contribution in [-0.4, -0.2) is 23.7 Å². The lowest BCUT2D eigenvalue weighted by atomic mass is 9.81. The van der Waals surface area contributed by atoms with E-state index in [2.05, 4.69) is 18.3 Å². The second-order valence-corrected chi connectivity index (χ2v) is 9.94. The number of carboxylic acid groups (broad SMARTS) is 1. The number of carbonyl (C=O) groups is 1. The third kappa shape index (κ3) is 5.69. The number of hydrogen-bond donors (Lipinski definition) is 2. The Morgan fingerprint density at radius 3 is 2.53 bits per heavy atom. The predicted octanol–water partition coefficient (Wildman–Crippen LogP) is 7.82. The van der Waals surface area contributed by atoms with Crippen molar-refractivity contribution in [2.75, 3.05) is 6.54 Å². The molecule has 0 aliphatic carbocycles. The SMILES string of the molecule is Cc1cc(C(=O)O)ccc1[C@@H]1C[C@H](CCCNC(C)c2ccc(F)c3ccccc23)Oc2ccccc21.Cl. The summed E-state index contributed by atoms with van der Waals surface area (Å²) in [7, 11) is 0. The molecule has 0 saturated heterocycles. The molecule has 1 aliphatic rings. The highest BCUT2D eigenvalue weighted by Gasteiger charge is 2.30. The van der Waals surface area contributed by atoms with Crippen LogP contribution in [0, 0.1) is 12.7 Å². The summed E-state index contributed by atoms with van der Waals surface area (Å²) in [4.78, 5) is 11.4. The van der Waals surface area contributed by atoms with E-state index in [0.29, 0.717) is 10.9 Å². The highest BCUT2D eigenvalue weighted by molar-refractivity contribution is 5.88. The average molecular weight is 534 g/mol. The Hall–Kier alpha value is -3.41. The van der Waals surface area contributed by atoms with Gasteiger partial charge >= 0.3 is 5.97 Å². The number of aromatic carboxylic acids is 1. The number of nitrogens with one attached hydrogen (secondary N) is 1. The number of halogens is 2. The normalized spacial score (nSPS) is 17.2. The topological polar surface area (TPSA) is 58.6 Å². The zero-order chi connectivity index (χ0) is 25.9. The fourth-order valence-corrected chi connectivity index (χ4v) is 5.59. The molecule has 0 spiro atoms. The molecular weight excluding hydrogens is 501 g/mol. The third-order valence-electron chi connectivity index (χ3n) is 7.50. The first-order chi connectivity index (χ1) is 17.9. The molecule has 0 radical (unpaired) electrons. The van der Waals surface area contributed by atoms with Crippen molar-refractivity contribution in [2.45, 2.75) is 51.2 Å². The van der Waals surface area contributed by atoms with Crippen LogP contribution in [0.2, 0.25) is 0 Å². The molecule has 0 fully saturated rings. The van der Waals surface area contributed by atoms with E-state index < -0.39 is 5.97 Å². The number of benzene rings is 4. The maximum absolute atomic E-state index is 14.2. The van der Waals surface area contributed by atoms with Gasteiger partial charge in [0.2, 0.25) is 0 Å². The van der Waals surface area contributed by atoms with Crippen molar-refractivity contribution in [2.24, 2.45) is 0 Å². The molecule has 1 heterocycles. The summed E-state index contributed by atoms with van der Waals surface area (Å²) in [6.07, 6.45) is 2.77. The second-order valence-electron chi connectivity index (χ2n) is 9.94. The lowest BCUT2D eigenvalue weighted by Gasteiger charge is -2.33. The predicted molar refractivity (Wildman–Crippen MR) is 152 cm³/mol. The molecule has 4 aromatic carbocycles. The lowest BCUT2D eigenvalue weighted by molar-refractivity contribution is 0.0696. The van der Waals surface area contributed by atoms with Crippen LogP contribution < -0.4 is 10.1 Å². The van der Waals surface area contributed by atoms with Gasteiger partial charge in [-0.25, -0.2) is 9.18 Å². The van der Waals surface area contributed by atoms with E-state index in [1.165, 1.54) is 0 Å². The molecule has 1 unspecified atom stereocenters. The number of rotatable bonds is 8. The molecule has 0 saturated carbocycles. The fourth-order valence-electron chi connectivity index (χ4n) is 5.59. The molecule has 0 aromatic heterocycles. The van der Waals surface area contributed by atoms with Crippen LogP contribution >= 0.6 is 12.4 Å². The minimum absolute atomic E-state index is 0. The molecule has 2 N–H and O–H groups in total. The first kappa shape index (κ1) is 27.6. The van der Waals surface area contributed by atoms with E-state index in [0.717, 1.165) is 59.2 Å². The van der Waals surface area contributed by atoms with E-state index in [-0.39, 0.29) is 36.3 Å². The lowest BCUT2D eigenvalue weighted by Crippen LogP contribution is -2.28. The molecule has 6 heteroatoms. The third-order valence-corrected chi connectivity index (χ3v) is 7.50. The van der Waals surface area contributed by atoms with Crippen molar-refractivity contribution in [3.63, 3.8) is 0 Å². The van der Waals surface area contributed by atoms with Gasteiger partial charge in [-0.3, -0.25) is 0 Å². The number of hydrogen-bond acceptors (Lipinski definition) is 3. The summed E-state index contributed by atoms with van der Waals surface area (Å²) in [5.74, 6) is -0.0289. The summed E-state index contributed by atoms with van der Waals surface area (Å²) in [5.41, 5.74) is 4.70. The molecule has 5 rings (SSSR count). The summed E-state index contributed by atoms with van der Waals surface area (Å²) in [5, 5.41) is 14.6. The maximum atomic E-state index is 14.2. The van der Waals surface area contributed by atoms with Gasteiger partial charge in [0.15, 0.2) is 0 Å². The molecule has 3 atom stereocenters. The number of fused-ring (bicyclic) bond motifs is 2. The van der Waals surface area contributed by atoms with Gasteiger partial charge in [-0.1, -0.05) is 54.6 Å². The Morgan fingerprint density at radius 2 is 1.76 bits per heavy atom. The standard InChI is InChI=1S/C32H32FNO3.ClH/c1-20-18-22(32(35)36)13-14-24(20)29-19-23(37-31-12-6-5-11-28(29)31)8-7-17-34-21(2)25-15-16-30(33)27-10-4-3-9-26(25)27;/h3-6,9-16,18,21,23,29,34H,7-8,17,19H2,1-2H3,(H,35,36);1H/t21?,23-,29-;/m0./s1. The van der Waals surface area contributed by atoms with Crippen LogP contribution in [0.1, 0.15) is 70.8 Å². The molecule has 0 amide bonds. The molecule has 1 aliphatic heterocycles. The number of para-hydroxylation sites is 1. The van der Waals surface area contributed by atoms with E-state index in [1.807, 2.05) is 61.5 Å². The van der Waals surface area contributed by atoms with Gasteiger partial charge in [0.25, 0.3) is 0 Å². The van der Waals surface area contributed by atoms with Crippen molar-refractivity contribution < 1.29 is 19.0 Å². The van der Waals surface area contributed by atoms with E-state index in [4.69, 9.17) is 4.74 Å². The summed E-state index contributed by atoms with van der Waals surface area (Å²) < 4.78 is 20.6. The van der Waals surface area contributed by atoms with Crippen LogP contribution in [0.25, 0.3) is 10.8 Å². The highest BCUT2D eigenvalue weighted by Crippen LogP contribution is 2.42. The molecule has 198 valence electrons. The smallest absolute Gasteiger partial charge is 0.335 e. The minimum atomic E-state index is -0.907. The number of aryl methyl sites for hydroxylation is 1. The van der Waals surface area contributed by atoms with Gasteiger partial charge in [0.05, 0.1) is 11.7 Å². The molecule has 38 heavy (non-hydrogen) atoms. The van der Waals surface area contributed by atoms with Gasteiger partial charge in [0.1, 0.15) is 11.6 Å². The summed E-state index contributed by atoms with van der Waals surface area (Å²) in [6.45, 7) is 4.93. The quantitative estimate of drug-likeness (QED) is 0.227. The largest absolute Gasteiger partial charge is 0.490 e. The van der Waals surface area contributed by atoms with Crippen molar-refractivity contribution in [1.82, 2.24) is 5.32 Å². The Morgan fingerprint density at radius 1 is 1.03 bits per heavy atom. The molecule has 4 nitrogen and oxygen atoms in total. The average Bonchev–Trinajstić information content (AvgIpc) is 2.91. The summed E-state index contributed by atoms with van der Waals surface area (Å²) >= 11 is 0. The first-order valence-corrected chi connectivity index (χ1v) is 12.9. The maximum Gasteiger partial charge on any atom is 0.335 e. The zero-order valence-electron chi connectivity index (χ0n) is 21.6. The Labute approximate surface area is 229 Å². The van der Waals surface area contributed by atoms with E-state index >= 15 is 0 Å². The monoisotopic (exact) mass is 533 g/mol. The van der Waals surface area contributed by atoms with Gasteiger partial charge < -0.3 is 15.2 Å². The van der Waals surface area contributed by atoms with Crippen LogP contribution in [0.3, 0.4) is 0 Å². The van der Waals surface area contributed by atoms with Gasteiger partial charge in [-0.2, -0.15) is 0 Å². The minimum Gasteiger partial charge on any atom is -0.490 e. The summed E-state index contributed by atoms with van der Waals surface area (Å²) in [6, 6.07) is 24.7. The molecule has 4 aromatic rings. The first-order valence-electron chi connectivity index (χ1n) is 12.9. The van der Waals surface area contributed by atoms with Gasteiger partial charge in [-0.05, 0) is 86.0 Å². The van der Waals surface area contributed by atoms with Crippen LogP contribution in [0.15, 0.2) is 78.9 Å². The molecule has 0 bridgehead atoms. The van der Waals surface area contributed by atoms with E-state index in [9.17, 15) is 14.3 Å². The Bertz CT molecular complexity index is 1440. The van der Waals surface area contributed by atoms with E-state index in [1.54, 1.807) is 18.2 Å². The Balaban J connectivity index is 0.00000336. The fraction of sp³-hybridized carbons (Fsp3) is 0.281. The Kier molecular flexibility index (Phi) is 8.70. The number of carboxylic acids is 1. The van der Waals surface area contributed by atoms with Crippen LogP contribution in [0.5, 0.6) is 5.75 Å².